The van der Waals surface area contributed by atoms with Crippen LogP contribution in [0.15, 0.2) is 182 Å². The van der Waals surface area contributed by atoms with Crippen LogP contribution < -0.4 is 9.80 Å². The van der Waals surface area contributed by atoms with Gasteiger partial charge in [-0.15, -0.1) is 0 Å². The summed E-state index contributed by atoms with van der Waals surface area (Å²) in [6.45, 7) is 0. The van der Waals surface area contributed by atoms with Gasteiger partial charge in [0, 0.05) is 35.2 Å². The Morgan fingerprint density at radius 2 is 0.846 bits per heavy atom. The Hall–Kier alpha value is -6.92. The second-order valence-electron chi connectivity index (χ2n) is 13.2. The minimum Gasteiger partial charge on any atom is -0.349 e. The fourth-order valence-electron chi connectivity index (χ4n) is 7.82. The van der Waals surface area contributed by atoms with E-state index in [1.807, 2.05) is 0 Å². The molecule has 248 valence electrons. The first kappa shape index (κ1) is 29.9. The van der Waals surface area contributed by atoms with Gasteiger partial charge in [0.05, 0.1) is 33.4 Å². The van der Waals surface area contributed by atoms with Crippen LogP contribution in [0.4, 0.5) is 17.1 Å². The van der Waals surface area contributed by atoms with Crippen molar-refractivity contribution >= 4 is 39.1 Å². The van der Waals surface area contributed by atoms with Crippen LogP contribution in [-0.2, 0) is 0 Å². The van der Waals surface area contributed by atoms with Crippen molar-refractivity contribution in [1.29, 1.82) is 0 Å². The van der Waals surface area contributed by atoms with Crippen LogP contribution in [0, 0.1) is 0 Å². The van der Waals surface area contributed by atoms with Crippen LogP contribution in [0.3, 0.4) is 0 Å². The van der Waals surface area contributed by atoms with Crippen molar-refractivity contribution in [2.45, 2.75) is 6.17 Å². The van der Waals surface area contributed by atoms with Gasteiger partial charge in [0.15, 0.2) is 0 Å². The SMILES string of the molecule is CN1c2ccccc2N(c2ccccc2)C1c1cc(-c2nc3ccccc3n2-c2ccccc2)cc(-c2nc3ccccc3n2-c2ccccc2)c1. The van der Waals surface area contributed by atoms with Crippen molar-refractivity contribution in [2.75, 3.05) is 16.8 Å². The lowest BCUT2D eigenvalue weighted by Gasteiger charge is -2.32. The molecule has 0 saturated carbocycles. The zero-order valence-corrected chi connectivity index (χ0v) is 28.6. The number of para-hydroxylation sites is 9. The molecule has 6 nitrogen and oxygen atoms in total. The Morgan fingerprint density at radius 1 is 0.423 bits per heavy atom. The van der Waals surface area contributed by atoms with Crippen LogP contribution in [0.25, 0.3) is 56.2 Å². The molecule has 3 heterocycles. The molecule has 6 heteroatoms. The molecule has 1 aliphatic heterocycles. The molecule has 0 amide bonds. The number of hydrogen-bond donors (Lipinski definition) is 0. The molecule has 0 fully saturated rings. The second kappa shape index (κ2) is 12.1. The smallest absolute Gasteiger partial charge is 0.145 e. The highest BCUT2D eigenvalue weighted by atomic mass is 15.4. The molecule has 0 bridgehead atoms. The van der Waals surface area contributed by atoms with E-state index in [-0.39, 0.29) is 6.17 Å². The van der Waals surface area contributed by atoms with E-state index in [2.05, 4.69) is 208 Å². The molecule has 10 rings (SSSR count). The van der Waals surface area contributed by atoms with Crippen LogP contribution in [-0.4, -0.2) is 26.1 Å². The largest absolute Gasteiger partial charge is 0.349 e. The van der Waals surface area contributed by atoms with E-state index < -0.39 is 0 Å². The zero-order valence-electron chi connectivity index (χ0n) is 28.6. The number of benzene rings is 7. The van der Waals surface area contributed by atoms with E-state index in [0.717, 1.165) is 67.5 Å². The number of hydrogen-bond acceptors (Lipinski definition) is 4. The van der Waals surface area contributed by atoms with E-state index in [4.69, 9.17) is 9.97 Å². The highest BCUT2D eigenvalue weighted by molar-refractivity contribution is 5.88. The van der Waals surface area contributed by atoms with Crippen molar-refractivity contribution in [3.63, 3.8) is 0 Å². The third kappa shape index (κ3) is 4.80. The molecule has 52 heavy (non-hydrogen) atoms. The summed E-state index contributed by atoms with van der Waals surface area (Å²) < 4.78 is 4.56. The summed E-state index contributed by atoms with van der Waals surface area (Å²) in [5, 5.41) is 0. The van der Waals surface area contributed by atoms with E-state index in [1.54, 1.807) is 0 Å². The van der Waals surface area contributed by atoms with E-state index in [1.165, 1.54) is 11.4 Å². The summed E-state index contributed by atoms with van der Waals surface area (Å²) in [7, 11) is 2.19. The van der Waals surface area contributed by atoms with E-state index >= 15 is 0 Å². The quantitative estimate of drug-likeness (QED) is 0.177. The summed E-state index contributed by atoms with van der Waals surface area (Å²) in [4.78, 5) is 15.5. The molecule has 0 radical (unpaired) electrons. The Bertz CT molecular complexity index is 2580. The standard InChI is InChI=1S/C46H34N6/c1-49-42-27-15-16-28-43(42)52(37-21-9-4-10-22-37)46(49)34-30-32(44-47-38-23-11-13-25-40(38)50(44)35-17-5-2-6-18-35)29-33(31-34)45-48-39-24-12-14-26-41(39)51(45)36-19-7-3-8-20-36/h2-31,46H,1H3. The highest BCUT2D eigenvalue weighted by Crippen LogP contribution is 2.50. The molecule has 2 aromatic heterocycles. The molecule has 0 saturated heterocycles. The van der Waals surface area contributed by atoms with Gasteiger partial charge in [-0.3, -0.25) is 9.13 Å². The van der Waals surface area contributed by atoms with E-state index in [0.29, 0.717) is 0 Å². The van der Waals surface area contributed by atoms with Gasteiger partial charge in [-0.25, -0.2) is 9.97 Å². The number of nitrogens with zero attached hydrogens (tertiary/aromatic N) is 6. The predicted octanol–water partition coefficient (Wildman–Crippen LogP) is 11.0. The van der Waals surface area contributed by atoms with Crippen molar-refractivity contribution in [1.82, 2.24) is 19.1 Å². The molecular formula is C46H34N6. The third-order valence-corrected chi connectivity index (χ3v) is 10.1. The number of imidazole rings is 2. The second-order valence-corrected chi connectivity index (χ2v) is 13.2. The minimum atomic E-state index is -0.136. The van der Waals surface area contributed by atoms with Crippen molar-refractivity contribution in [2.24, 2.45) is 0 Å². The summed E-state index contributed by atoms with van der Waals surface area (Å²) in [6.07, 6.45) is -0.136. The molecular weight excluding hydrogens is 637 g/mol. The summed E-state index contributed by atoms with van der Waals surface area (Å²) in [5.74, 6) is 1.75. The fraction of sp³-hybridized carbons (Fsp3) is 0.0435. The van der Waals surface area contributed by atoms with Crippen LogP contribution in [0.1, 0.15) is 11.7 Å². The van der Waals surface area contributed by atoms with Crippen LogP contribution in [0.5, 0.6) is 0 Å². The van der Waals surface area contributed by atoms with Gasteiger partial charge in [-0.2, -0.15) is 0 Å². The molecule has 1 atom stereocenters. The van der Waals surface area contributed by atoms with Gasteiger partial charge < -0.3 is 9.80 Å². The maximum Gasteiger partial charge on any atom is 0.145 e. The van der Waals surface area contributed by atoms with Gasteiger partial charge in [-0.05, 0) is 96.6 Å². The van der Waals surface area contributed by atoms with Crippen molar-refractivity contribution in [3.05, 3.63) is 188 Å². The first-order valence-electron chi connectivity index (χ1n) is 17.6. The molecule has 1 unspecified atom stereocenters. The number of rotatable bonds is 6. The van der Waals surface area contributed by atoms with E-state index in [9.17, 15) is 0 Å². The molecule has 7 aromatic carbocycles. The number of aromatic nitrogens is 4. The Labute approximate surface area is 302 Å². The minimum absolute atomic E-state index is 0.136. The lowest BCUT2D eigenvalue weighted by Crippen LogP contribution is -2.30. The van der Waals surface area contributed by atoms with Crippen molar-refractivity contribution in [3.8, 4) is 34.2 Å². The zero-order chi connectivity index (χ0) is 34.6. The monoisotopic (exact) mass is 670 g/mol. The van der Waals surface area contributed by atoms with Gasteiger partial charge in [-0.1, -0.05) is 91.0 Å². The summed E-state index contributed by atoms with van der Waals surface area (Å²) >= 11 is 0. The van der Waals surface area contributed by atoms with Crippen LogP contribution in [0.2, 0.25) is 0 Å². The molecule has 0 spiro atoms. The first-order chi connectivity index (χ1) is 25.7. The Morgan fingerprint density at radius 3 is 1.37 bits per heavy atom. The highest BCUT2D eigenvalue weighted by Gasteiger charge is 2.36. The Kier molecular flexibility index (Phi) is 6.99. The van der Waals surface area contributed by atoms with Gasteiger partial charge in [0.2, 0.25) is 0 Å². The normalized spacial score (nSPS) is 14.0. The Balaban J connectivity index is 1.28. The van der Waals surface area contributed by atoms with Gasteiger partial charge >= 0.3 is 0 Å². The molecule has 1 aliphatic rings. The molecule has 9 aromatic rings. The van der Waals surface area contributed by atoms with Gasteiger partial charge in [0.1, 0.15) is 17.8 Å². The topological polar surface area (TPSA) is 42.1 Å². The third-order valence-electron chi connectivity index (χ3n) is 10.1. The molecule has 0 aliphatic carbocycles. The average Bonchev–Trinajstić information content (AvgIpc) is 3.89. The number of fused-ring (bicyclic) bond motifs is 3. The van der Waals surface area contributed by atoms with Crippen LogP contribution >= 0.6 is 0 Å². The predicted molar refractivity (Wildman–Crippen MR) is 213 cm³/mol. The first-order valence-corrected chi connectivity index (χ1v) is 17.6. The average molecular weight is 671 g/mol. The number of anilines is 3. The lowest BCUT2D eigenvalue weighted by atomic mass is 10.0. The van der Waals surface area contributed by atoms with Gasteiger partial charge in [0.25, 0.3) is 0 Å². The molecule has 0 N–H and O–H groups in total. The lowest BCUT2D eigenvalue weighted by molar-refractivity contribution is 0.719. The fourth-order valence-corrected chi connectivity index (χ4v) is 7.82. The summed E-state index contributed by atoms with van der Waals surface area (Å²) in [5.41, 5.74) is 12.8. The maximum atomic E-state index is 5.33. The maximum absolute atomic E-state index is 5.33. The summed E-state index contributed by atoms with van der Waals surface area (Å²) in [6, 6.07) is 64.1. The van der Waals surface area contributed by atoms with Crippen molar-refractivity contribution < 1.29 is 0 Å².